The van der Waals surface area contributed by atoms with E-state index in [0.717, 1.165) is 27.8 Å². The molecule has 0 saturated carbocycles. The summed E-state index contributed by atoms with van der Waals surface area (Å²) in [7, 11) is 0. The first-order chi connectivity index (χ1) is 16.3. The average Bonchev–Trinajstić information content (AvgIpc) is 2.80. The van der Waals surface area contributed by atoms with Crippen molar-refractivity contribution in [2.45, 2.75) is 53.1 Å². The molecule has 3 aromatic carbocycles. The first kappa shape index (κ1) is 25.2. The molecular weight excluding hydrogens is 420 g/mol. The molecule has 0 aromatic heterocycles. The number of amides is 2. The zero-order chi connectivity index (χ0) is 24.5. The number of benzene rings is 3. The van der Waals surface area contributed by atoms with E-state index in [1.165, 1.54) is 0 Å². The lowest BCUT2D eigenvalue weighted by Crippen LogP contribution is -2.51. The van der Waals surface area contributed by atoms with E-state index in [1.807, 2.05) is 74.5 Å². The van der Waals surface area contributed by atoms with Gasteiger partial charge in [0.15, 0.2) is 0 Å². The van der Waals surface area contributed by atoms with Crippen molar-refractivity contribution < 1.29 is 9.59 Å². The number of rotatable bonds is 10. The van der Waals surface area contributed by atoms with Gasteiger partial charge in [0.05, 0.1) is 6.42 Å². The second kappa shape index (κ2) is 12.2. The lowest BCUT2D eigenvalue weighted by molar-refractivity contribution is -0.140. The molecule has 0 aliphatic heterocycles. The van der Waals surface area contributed by atoms with E-state index in [2.05, 4.69) is 37.4 Å². The fourth-order valence-corrected chi connectivity index (χ4v) is 4.20. The number of hydrogen-bond donors (Lipinski definition) is 1. The van der Waals surface area contributed by atoms with Crippen LogP contribution in [-0.4, -0.2) is 29.3 Å². The largest absolute Gasteiger partial charge is 0.354 e. The summed E-state index contributed by atoms with van der Waals surface area (Å²) in [6, 6.07) is 25.4. The zero-order valence-electron chi connectivity index (χ0n) is 20.8. The lowest BCUT2D eigenvalue weighted by atomic mass is 10.00. The van der Waals surface area contributed by atoms with Gasteiger partial charge in [-0.1, -0.05) is 104 Å². The van der Waals surface area contributed by atoms with Gasteiger partial charge in [-0.25, -0.2) is 0 Å². The van der Waals surface area contributed by atoms with Crippen molar-refractivity contribution in [3.63, 3.8) is 0 Å². The van der Waals surface area contributed by atoms with Crippen molar-refractivity contribution in [3.05, 3.63) is 107 Å². The molecule has 0 spiro atoms. The Morgan fingerprint density at radius 2 is 1.35 bits per heavy atom. The van der Waals surface area contributed by atoms with E-state index in [0.29, 0.717) is 25.4 Å². The Bertz CT molecular complexity index is 1060. The maximum absolute atomic E-state index is 13.8. The van der Waals surface area contributed by atoms with Crippen LogP contribution in [0.15, 0.2) is 78.9 Å². The second-order valence-corrected chi connectivity index (χ2v) is 9.52. The van der Waals surface area contributed by atoms with Gasteiger partial charge < -0.3 is 10.2 Å². The molecule has 0 bridgehead atoms. The van der Waals surface area contributed by atoms with Crippen LogP contribution in [0.5, 0.6) is 0 Å². The van der Waals surface area contributed by atoms with Crippen molar-refractivity contribution in [2.24, 2.45) is 5.92 Å². The van der Waals surface area contributed by atoms with Crippen LogP contribution in [0.4, 0.5) is 0 Å². The molecule has 0 aliphatic rings. The van der Waals surface area contributed by atoms with E-state index in [1.54, 1.807) is 4.90 Å². The molecule has 0 unspecified atom stereocenters. The Balaban J connectivity index is 1.95. The summed E-state index contributed by atoms with van der Waals surface area (Å²) in [5, 5.41) is 3.07. The number of aryl methyl sites for hydroxylation is 2. The number of carbonyl (C=O) groups excluding carboxylic acids is 2. The van der Waals surface area contributed by atoms with Gasteiger partial charge >= 0.3 is 0 Å². The van der Waals surface area contributed by atoms with Gasteiger partial charge in [0.25, 0.3) is 0 Å². The molecule has 0 aliphatic carbocycles. The standard InChI is InChI=1S/C30H36N2O2/c1-22(2)20-31-30(34)28(18-25-11-7-5-8-12-25)32(21-26-13-9-6-10-14-26)29(33)19-27-16-23(3)15-24(4)17-27/h5-17,22,28H,18-21H2,1-4H3,(H,31,34)/t28-/m0/s1. The lowest BCUT2D eigenvalue weighted by Gasteiger charge is -2.32. The smallest absolute Gasteiger partial charge is 0.243 e. The number of nitrogens with zero attached hydrogens (tertiary/aromatic N) is 1. The number of hydrogen-bond acceptors (Lipinski definition) is 2. The molecule has 34 heavy (non-hydrogen) atoms. The van der Waals surface area contributed by atoms with E-state index in [-0.39, 0.29) is 18.2 Å². The molecule has 0 saturated heterocycles. The average molecular weight is 457 g/mol. The molecule has 1 atom stereocenters. The van der Waals surface area contributed by atoms with Gasteiger partial charge in [-0.05, 0) is 36.5 Å². The third kappa shape index (κ3) is 7.58. The maximum Gasteiger partial charge on any atom is 0.243 e. The highest BCUT2D eigenvalue weighted by atomic mass is 16.2. The highest BCUT2D eigenvalue weighted by molar-refractivity contribution is 5.88. The SMILES string of the molecule is Cc1cc(C)cc(CC(=O)N(Cc2ccccc2)[C@@H](Cc2ccccc2)C(=O)NCC(C)C)c1. The Morgan fingerprint density at radius 3 is 1.91 bits per heavy atom. The van der Waals surface area contributed by atoms with Crippen molar-refractivity contribution in [3.8, 4) is 0 Å². The van der Waals surface area contributed by atoms with Crippen molar-refractivity contribution in [1.82, 2.24) is 10.2 Å². The molecule has 0 fully saturated rings. The quantitative estimate of drug-likeness (QED) is 0.452. The van der Waals surface area contributed by atoms with Crippen LogP contribution in [0.2, 0.25) is 0 Å². The Kier molecular flexibility index (Phi) is 9.03. The van der Waals surface area contributed by atoms with Gasteiger partial charge in [0.2, 0.25) is 11.8 Å². The van der Waals surface area contributed by atoms with Crippen LogP contribution >= 0.6 is 0 Å². The highest BCUT2D eigenvalue weighted by Crippen LogP contribution is 2.18. The van der Waals surface area contributed by atoms with E-state index >= 15 is 0 Å². The van der Waals surface area contributed by atoms with Gasteiger partial charge in [0.1, 0.15) is 6.04 Å². The normalized spacial score (nSPS) is 11.8. The summed E-state index contributed by atoms with van der Waals surface area (Å²) in [6.07, 6.45) is 0.730. The molecular formula is C30H36N2O2. The topological polar surface area (TPSA) is 49.4 Å². The summed E-state index contributed by atoms with van der Waals surface area (Å²) >= 11 is 0. The Hall–Kier alpha value is -3.40. The molecule has 178 valence electrons. The predicted octanol–water partition coefficient (Wildman–Crippen LogP) is 5.26. The zero-order valence-corrected chi connectivity index (χ0v) is 20.8. The minimum atomic E-state index is -0.597. The van der Waals surface area contributed by atoms with E-state index < -0.39 is 6.04 Å². The summed E-state index contributed by atoms with van der Waals surface area (Å²) in [5.41, 5.74) is 5.28. The Labute approximate surface area is 204 Å². The summed E-state index contributed by atoms with van der Waals surface area (Å²) in [6.45, 7) is 9.19. The first-order valence-electron chi connectivity index (χ1n) is 12.0. The molecule has 1 N–H and O–H groups in total. The van der Waals surface area contributed by atoms with Crippen molar-refractivity contribution in [2.75, 3.05) is 6.54 Å². The third-order valence-corrected chi connectivity index (χ3v) is 5.79. The van der Waals surface area contributed by atoms with Gasteiger partial charge in [0, 0.05) is 19.5 Å². The minimum Gasteiger partial charge on any atom is -0.354 e. The maximum atomic E-state index is 13.8. The molecule has 3 aromatic rings. The summed E-state index contributed by atoms with van der Waals surface area (Å²) < 4.78 is 0. The van der Waals surface area contributed by atoms with Crippen LogP contribution in [-0.2, 0) is 29.0 Å². The van der Waals surface area contributed by atoms with Crippen molar-refractivity contribution >= 4 is 11.8 Å². The monoisotopic (exact) mass is 456 g/mol. The van der Waals surface area contributed by atoms with Crippen LogP contribution in [0.1, 0.15) is 41.7 Å². The fraction of sp³-hybridized carbons (Fsp3) is 0.333. The molecule has 4 heteroatoms. The second-order valence-electron chi connectivity index (χ2n) is 9.52. The van der Waals surface area contributed by atoms with E-state index in [9.17, 15) is 9.59 Å². The fourth-order valence-electron chi connectivity index (χ4n) is 4.20. The predicted molar refractivity (Wildman–Crippen MR) is 138 cm³/mol. The first-order valence-corrected chi connectivity index (χ1v) is 12.0. The minimum absolute atomic E-state index is 0.0468. The molecule has 0 heterocycles. The van der Waals surface area contributed by atoms with Crippen LogP contribution in [0.3, 0.4) is 0 Å². The van der Waals surface area contributed by atoms with Gasteiger partial charge in [-0.15, -0.1) is 0 Å². The number of carbonyl (C=O) groups is 2. The molecule has 3 rings (SSSR count). The van der Waals surface area contributed by atoms with Crippen molar-refractivity contribution in [1.29, 1.82) is 0 Å². The van der Waals surface area contributed by atoms with Crippen LogP contribution < -0.4 is 5.32 Å². The van der Waals surface area contributed by atoms with Gasteiger partial charge in [-0.3, -0.25) is 9.59 Å². The summed E-state index contributed by atoms with van der Waals surface area (Å²) in [4.78, 5) is 29.0. The van der Waals surface area contributed by atoms with Gasteiger partial charge in [-0.2, -0.15) is 0 Å². The third-order valence-electron chi connectivity index (χ3n) is 5.79. The Morgan fingerprint density at radius 1 is 0.794 bits per heavy atom. The summed E-state index contributed by atoms with van der Waals surface area (Å²) in [5.74, 6) is 0.173. The van der Waals surface area contributed by atoms with E-state index in [4.69, 9.17) is 0 Å². The van der Waals surface area contributed by atoms with Crippen LogP contribution in [0, 0.1) is 19.8 Å². The van der Waals surface area contributed by atoms with Crippen LogP contribution in [0.25, 0.3) is 0 Å². The molecule has 4 nitrogen and oxygen atoms in total. The highest BCUT2D eigenvalue weighted by Gasteiger charge is 2.30. The molecule has 2 amide bonds. The number of nitrogens with one attached hydrogen (secondary N) is 1. The molecule has 0 radical (unpaired) electrons.